The van der Waals surface area contributed by atoms with E-state index in [4.69, 9.17) is 28.9 Å². The second kappa shape index (κ2) is 10.0. The van der Waals surface area contributed by atoms with Gasteiger partial charge in [0.15, 0.2) is 5.11 Å². The maximum Gasteiger partial charge on any atom is 0.173 e. The number of piperazine rings is 1. The summed E-state index contributed by atoms with van der Waals surface area (Å²) in [5.74, 6) is 0. The highest BCUT2D eigenvalue weighted by Crippen LogP contribution is 2.22. The van der Waals surface area contributed by atoms with Crippen LogP contribution in [0.5, 0.6) is 0 Å². The van der Waals surface area contributed by atoms with Gasteiger partial charge in [-0.25, -0.2) is 0 Å². The van der Waals surface area contributed by atoms with Crippen molar-refractivity contribution in [2.45, 2.75) is 33.9 Å². The molecule has 0 spiro atoms. The number of nitrogens with zero attached hydrogens (tertiary/aromatic N) is 4. The number of hydrogen-bond acceptors (Lipinski definition) is 3. The smallest absolute Gasteiger partial charge is 0.173 e. The van der Waals surface area contributed by atoms with Crippen LogP contribution in [-0.4, -0.2) is 50.9 Å². The topological polar surface area (TPSA) is 36.3 Å². The van der Waals surface area contributed by atoms with Crippen LogP contribution in [0.3, 0.4) is 0 Å². The summed E-state index contributed by atoms with van der Waals surface area (Å²) in [6.07, 6.45) is 0. The number of rotatable bonds is 5. The van der Waals surface area contributed by atoms with Crippen LogP contribution in [0.4, 0.5) is 5.69 Å². The van der Waals surface area contributed by atoms with E-state index in [-0.39, 0.29) is 0 Å². The molecule has 7 heteroatoms. The van der Waals surface area contributed by atoms with Gasteiger partial charge in [0.2, 0.25) is 0 Å². The second-order valence-electron chi connectivity index (χ2n) is 8.51. The van der Waals surface area contributed by atoms with E-state index in [9.17, 15) is 0 Å². The van der Waals surface area contributed by atoms with Gasteiger partial charge in [0, 0.05) is 37.7 Å². The third-order valence-corrected chi connectivity index (χ3v) is 6.66. The summed E-state index contributed by atoms with van der Waals surface area (Å²) >= 11 is 11.8. The van der Waals surface area contributed by atoms with Gasteiger partial charge < -0.3 is 10.2 Å². The van der Waals surface area contributed by atoms with Gasteiger partial charge in [-0.1, -0.05) is 53.6 Å². The molecule has 0 radical (unpaired) electrons. The average molecular weight is 468 g/mol. The molecule has 4 rings (SSSR count). The molecule has 1 saturated heterocycles. The average Bonchev–Trinajstić information content (AvgIpc) is 3.04. The molecule has 0 amide bonds. The van der Waals surface area contributed by atoms with Crippen LogP contribution < -0.4 is 5.32 Å². The van der Waals surface area contributed by atoms with E-state index in [1.807, 2.05) is 19.1 Å². The minimum Gasteiger partial charge on any atom is -0.346 e. The molecule has 2 heterocycles. The van der Waals surface area contributed by atoms with Crippen LogP contribution in [0.1, 0.15) is 28.1 Å². The Kier molecular flexibility index (Phi) is 7.13. The summed E-state index contributed by atoms with van der Waals surface area (Å²) in [5.41, 5.74) is 6.89. The van der Waals surface area contributed by atoms with Gasteiger partial charge in [-0.2, -0.15) is 5.10 Å². The van der Waals surface area contributed by atoms with Crippen molar-refractivity contribution in [3.63, 3.8) is 0 Å². The summed E-state index contributed by atoms with van der Waals surface area (Å²) in [6, 6.07) is 16.7. The minimum absolute atomic E-state index is 0.755. The number of nitrogens with one attached hydrogen (secondary N) is 1. The van der Waals surface area contributed by atoms with Gasteiger partial charge in [-0.3, -0.25) is 9.58 Å². The van der Waals surface area contributed by atoms with Crippen molar-refractivity contribution in [1.82, 2.24) is 19.6 Å². The van der Waals surface area contributed by atoms with Crippen LogP contribution in [0.2, 0.25) is 5.02 Å². The van der Waals surface area contributed by atoms with Gasteiger partial charge in [0.05, 0.1) is 23.6 Å². The lowest BCUT2D eigenvalue weighted by Crippen LogP contribution is -2.49. The molecule has 0 bridgehead atoms. The van der Waals surface area contributed by atoms with E-state index in [0.29, 0.717) is 0 Å². The third kappa shape index (κ3) is 5.49. The Labute approximate surface area is 201 Å². The number of halogens is 1. The van der Waals surface area contributed by atoms with Crippen LogP contribution in [-0.2, 0) is 13.1 Å². The predicted molar refractivity (Wildman–Crippen MR) is 137 cm³/mol. The van der Waals surface area contributed by atoms with Crippen molar-refractivity contribution in [1.29, 1.82) is 0 Å². The standard InChI is InChI=1S/C25H30ClN5S/c1-18-4-6-22(7-5-18)17-31-20(3)24(19(2)28-31)27-25(32)30-14-12-29(13-15-30)16-21-8-10-23(26)11-9-21/h4-11H,12-17H2,1-3H3,(H,27,32). The van der Waals surface area contributed by atoms with Gasteiger partial charge in [0.25, 0.3) is 0 Å². The van der Waals surface area contributed by atoms with Gasteiger partial charge in [-0.05, 0) is 56.2 Å². The Bertz CT molecular complexity index is 1070. The molecule has 0 saturated carbocycles. The molecule has 0 aliphatic carbocycles. The molecule has 3 aromatic rings. The maximum absolute atomic E-state index is 6.00. The molecule has 2 aromatic carbocycles. The molecule has 32 heavy (non-hydrogen) atoms. The van der Waals surface area contributed by atoms with Crippen molar-refractivity contribution in [3.8, 4) is 0 Å². The van der Waals surface area contributed by atoms with Crippen LogP contribution >= 0.6 is 23.8 Å². The van der Waals surface area contributed by atoms with Gasteiger partial charge in [-0.15, -0.1) is 0 Å². The predicted octanol–water partition coefficient (Wildman–Crippen LogP) is 5.02. The van der Waals surface area contributed by atoms with E-state index in [0.717, 1.165) is 66.5 Å². The molecular weight excluding hydrogens is 438 g/mol. The first-order chi connectivity index (χ1) is 15.4. The van der Waals surface area contributed by atoms with Crippen molar-refractivity contribution in [3.05, 3.63) is 81.6 Å². The highest BCUT2D eigenvalue weighted by molar-refractivity contribution is 7.80. The minimum atomic E-state index is 0.755. The number of aryl methyl sites for hydroxylation is 2. The lowest BCUT2D eigenvalue weighted by atomic mass is 10.1. The molecule has 168 valence electrons. The van der Waals surface area contributed by atoms with E-state index >= 15 is 0 Å². The lowest BCUT2D eigenvalue weighted by molar-refractivity contribution is 0.177. The number of hydrogen-bond donors (Lipinski definition) is 1. The lowest BCUT2D eigenvalue weighted by Gasteiger charge is -2.36. The number of thiocarbonyl (C=S) groups is 1. The van der Waals surface area contributed by atoms with Crippen LogP contribution in [0.15, 0.2) is 48.5 Å². The fourth-order valence-electron chi connectivity index (χ4n) is 4.04. The fourth-order valence-corrected chi connectivity index (χ4v) is 4.45. The molecule has 1 aliphatic heterocycles. The number of anilines is 1. The molecule has 0 atom stereocenters. The number of aromatic nitrogens is 2. The third-order valence-electron chi connectivity index (χ3n) is 6.05. The maximum atomic E-state index is 6.00. The molecule has 1 aliphatic rings. The Balaban J connectivity index is 1.33. The van der Waals surface area contributed by atoms with Crippen molar-refractivity contribution in [2.75, 3.05) is 31.5 Å². The van der Waals surface area contributed by atoms with Gasteiger partial charge in [0.1, 0.15) is 0 Å². The number of benzene rings is 2. The monoisotopic (exact) mass is 467 g/mol. The second-order valence-corrected chi connectivity index (χ2v) is 9.33. The summed E-state index contributed by atoms with van der Waals surface area (Å²) in [7, 11) is 0. The first-order valence-corrected chi connectivity index (χ1v) is 11.8. The molecular formula is C25H30ClN5S. The van der Waals surface area contributed by atoms with E-state index < -0.39 is 0 Å². The van der Waals surface area contributed by atoms with Gasteiger partial charge >= 0.3 is 0 Å². The zero-order valence-electron chi connectivity index (χ0n) is 18.9. The molecule has 0 unspecified atom stereocenters. The Morgan fingerprint density at radius 3 is 2.16 bits per heavy atom. The van der Waals surface area contributed by atoms with Crippen molar-refractivity contribution in [2.24, 2.45) is 0 Å². The fraction of sp³-hybridized carbons (Fsp3) is 0.360. The summed E-state index contributed by atoms with van der Waals surface area (Å²) in [5, 5.41) is 9.78. The normalized spacial score (nSPS) is 14.6. The largest absolute Gasteiger partial charge is 0.346 e. The molecule has 1 N–H and O–H groups in total. The zero-order chi connectivity index (χ0) is 22.7. The molecule has 5 nitrogen and oxygen atoms in total. The quantitative estimate of drug-likeness (QED) is 0.533. The molecule has 1 aromatic heterocycles. The summed E-state index contributed by atoms with van der Waals surface area (Å²) in [4.78, 5) is 4.71. The van der Waals surface area contributed by atoms with E-state index in [1.54, 1.807) is 0 Å². The van der Waals surface area contributed by atoms with Crippen LogP contribution in [0.25, 0.3) is 0 Å². The van der Waals surface area contributed by atoms with E-state index in [2.05, 4.69) is 70.0 Å². The Morgan fingerprint density at radius 1 is 0.906 bits per heavy atom. The highest BCUT2D eigenvalue weighted by Gasteiger charge is 2.21. The SMILES string of the molecule is Cc1ccc(Cn2nc(C)c(NC(=S)N3CCN(Cc4ccc(Cl)cc4)CC3)c2C)cc1. The van der Waals surface area contributed by atoms with Crippen molar-refractivity contribution < 1.29 is 0 Å². The Morgan fingerprint density at radius 2 is 1.50 bits per heavy atom. The van der Waals surface area contributed by atoms with Crippen LogP contribution in [0, 0.1) is 20.8 Å². The highest BCUT2D eigenvalue weighted by atomic mass is 35.5. The summed E-state index contributed by atoms with van der Waals surface area (Å²) < 4.78 is 2.05. The first kappa shape index (κ1) is 22.8. The summed E-state index contributed by atoms with van der Waals surface area (Å²) in [6.45, 7) is 11.7. The molecule has 1 fully saturated rings. The van der Waals surface area contributed by atoms with E-state index in [1.165, 1.54) is 16.7 Å². The Hall–Kier alpha value is -2.41. The first-order valence-electron chi connectivity index (χ1n) is 11.0. The zero-order valence-corrected chi connectivity index (χ0v) is 20.5. The van der Waals surface area contributed by atoms with Crippen molar-refractivity contribution >= 4 is 34.6 Å².